The van der Waals surface area contributed by atoms with Crippen LogP contribution in [0.5, 0.6) is 0 Å². The van der Waals surface area contributed by atoms with E-state index < -0.39 is 52.3 Å². The highest BCUT2D eigenvalue weighted by Crippen LogP contribution is 2.34. The van der Waals surface area contributed by atoms with Gasteiger partial charge in [0.25, 0.3) is 5.69 Å². The van der Waals surface area contributed by atoms with Crippen molar-refractivity contribution >= 4 is 40.9 Å². The average molecular weight is 484 g/mol. The molecule has 0 aliphatic heterocycles. The van der Waals surface area contributed by atoms with Gasteiger partial charge in [-0.05, 0) is 31.2 Å². The van der Waals surface area contributed by atoms with Gasteiger partial charge in [-0.1, -0.05) is 12.1 Å². The molecule has 2 aromatic rings. The van der Waals surface area contributed by atoms with Crippen molar-refractivity contribution in [3.63, 3.8) is 0 Å². The Kier molecular flexibility index (Phi) is 8.40. The molecule has 9 nitrogen and oxygen atoms in total. The minimum atomic E-state index is -4.67. The highest BCUT2D eigenvalue weighted by molar-refractivity contribution is 8.00. The summed E-state index contributed by atoms with van der Waals surface area (Å²) in [5.41, 5.74) is 3.19. The monoisotopic (exact) mass is 484 g/mol. The molecule has 0 bridgehead atoms. The molecule has 0 atom stereocenters. The molecule has 0 unspecified atom stereocenters. The van der Waals surface area contributed by atoms with Crippen molar-refractivity contribution in [2.45, 2.75) is 18.0 Å². The number of nitrogens with zero attached hydrogens (tertiary/aromatic N) is 2. The number of para-hydroxylation sites is 1. The maximum Gasteiger partial charge on any atom is 0.418 e. The summed E-state index contributed by atoms with van der Waals surface area (Å²) in [5.74, 6) is -2.52. The molecule has 33 heavy (non-hydrogen) atoms. The standard InChI is InChI=1S/C20H19F3N4O5S/c1-2-26(10-17(28)25-14-6-4-3-5-13(14)20(21,22)23)18(29)11-33-16-8-7-12(19(24)30)9-15(16)27(31)32/h3-9H,2,10-11H2,1H3,(H2,24,30)(H,25,28). The summed E-state index contributed by atoms with van der Waals surface area (Å²) in [4.78, 5) is 47.8. The van der Waals surface area contributed by atoms with Gasteiger partial charge in [0.15, 0.2) is 0 Å². The molecule has 3 amide bonds. The van der Waals surface area contributed by atoms with E-state index in [0.29, 0.717) is 0 Å². The Morgan fingerprint density at radius 3 is 2.42 bits per heavy atom. The third-order valence-electron chi connectivity index (χ3n) is 4.37. The summed E-state index contributed by atoms with van der Waals surface area (Å²) < 4.78 is 39.3. The lowest BCUT2D eigenvalue weighted by Gasteiger charge is -2.21. The Labute approximate surface area is 190 Å². The molecular formula is C20H19F3N4O5S. The number of hydrogen-bond acceptors (Lipinski definition) is 6. The largest absolute Gasteiger partial charge is 0.418 e. The fourth-order valence-electron chi connectivity index (χ4n) is 2.74. The Morgan fingerprint density at radius 1 is 1.18 bits per heavy atom. The van der Waals surface area contributed by atoms with Crippen LogP contribution in [-0.4, -0.2) is 46.4 Å². The lowest BCUT2D eigenvalue weighted by Crippen LogP contribution is -2.39. The van der Waals surface area contributed by atoms with Gasteiger partial charge >= 0.3 is 6.18 Å². The second-order valence-corrected chi connectivity index (χ2v) is 7.61. The number of rotatable bonds is 9. The van der Waals surface area contributed by atoms with E-state index in [-0.39, 0.29) is 22.8 Å². The number of alkyl halides is 3. The van der Waals surface area contributed by atoms with Crippen LogP contribution in [0.25, 0.3) is 0 Å². The van der Waals surface area contributed by atoms with Crippen molar-refractivity contribution < 1.29 is 32.5 Å². The smallest absolute Gasteiger partial charge is 0.366 e. The van der Waals surface area contributed by atoms with Gasteiger partial charge in [-0.15, -0.1) is 11.8 Å². The molecule has 0 aliphatic carbocycles. The summed E-state index contributed by atoms with van der Waals surface area (Å²) in [7, 11) is 0. The number of nitrogens with two attached hydrogens (primary N) is 1. The van der Waals surface area contributed by atoms with E-state index in [9.17, 15) is 37.7 Å². The van der Waals surface area contributed by atoms with Crippen LogP contribution < -0.4 is 11.1 Å². The van der Waals surface area contributed by atoms with Crippen LogP contribution in [0.3, 0.4) is 0 Å². The number of likely N-dealkylation sites (N-methyl/N-ethyl adjacent to an activating group) is 1. The Hall–Kier alpha value is -3.61. The van der Waals surface area contributed by atoms with Crippen LogP contribution in [0.4, 0.5) is 24.5 Å². The van der Waals surface area contributed by atoms with E-state index in [0.717, 1.165) is 34.9 Å². The fourth-order valence-corrected chi connectivity index (χ4v) is 3.65. The molecular weight excluding hydrogens is 465 g/mol. The zero-order valence-corrected chi connectivity index (χ0v) is 18.0. The van der Waals surface area contributed by atoms with Crippen LogP contribution >= 0.6 is 11.8 Å². The van der Waals surface area contributed by atoms with Crippen molar-refractivity contribution in [2.75, 3.05) is 24.2 Å². The number of nitrogens with one attached hydrogen (secondary N) is 1. The minimum absolute atomic E-state index is 0.0663. The SMILES string of the molecule is CCN(CC(=O)Nc1ccccc1C(F)(F)F)C(=O)CSc1ccc(C(N)=O)cc1[N+](=O)[O-]. The maximum absolute atomic E-state index is 13.1. The molecule has 0 aromatic heterocycles. The van der Waals surface area contributed by atoms with Gasteiger partial charge in [-0.25, -0.2) is 0 Å². The highest BCUT2D eigenvalue weighted by atomic mass is 32.2. The number of thioether (sulfide) groups is 1. The Bertz CT molecular complexity index is 1080. The molecule has 0 radical (unpaired) electrons. The third-order valence-corrected chi connectivity index (χ3v) is 5.41. The quantitative estimate of drug-likeness (QED) is 0.319. The summed E-state index contributed by atoms with van der Waals surface area (Å²) in [6.45, 7) is 1.14. The number of carbonyl (C=O) groups excluding carboxylic acids is 3. The van der Waals surface area contributed by atoms with Crippen LogP contribution in [-0.2, 0) is 15.8 Å². The molecule has 2 rings (SSSR count). The number of nitro groups is 1. The first kappa shape index (κ1) is 25.6. The topological polar surface area (TPSA) is 136 Å². The Balaban J connectivity index is 2.06. The molecule has 0 heterocycles. The first-order valence-corrected chi connectivity index (χ1v) is 10.4. The van der Waals surface area contributed by atoms with E-state index in [1.807, 2.05) is 0 Å². The predicted octanol–water partition coefficient (Wildman–Crippen LogP) is 3.29. The molecule has 0 aliphatic rings. The highest BCUT2D eigenvalue weighted by Gasteiger charge is 2.33. The minimum Gasteiger partial charge on any atom is -0.366 e. The van der Waals surface area contributed by atoms with Crippen LogP contribution in [0.2, 0.25) is 0 Å². The van der Waals surface area contributed by atoms with Gasteiger partial charge < -0.3 is 16.0 Å². The zero-order valence-electron chi connectivity index (χ0n) is 17.2. The van der Waals surface area contributed by atoms with Crippen molar-refractivity contribution in [2.24, 2.45) is 5.73 Å². The van der Waals surface area contributed by atoms with Crippen LogP contribution in [0.15, 0.2) is 47.4 Å². The molecule has 13 heteroatoms. The number of benzene rings is 2. The lowest BCUT2D eigenvalue weighted by molar-refractivity contribution is -0.387. The fraction of sp³-hybridized carbons (Fsp3) is 0.250. The van der Waals surface area contributed by atoms with Crippen molar-refractivity contribution in [1.29, 1.82) is 0 Å². The lowest BCUT2D eigenvalue weighted by atomic mass is 10.1. The van der Waals surface area contributed by atoms with Gasteiger partial charge in [0.2, 0.25) is 17.7 Å². The molecule has 3 N–H and O–H groups in total. The predicted molar refractivity (Wildman–Crippen MR) is 115 cm³/mol. The molecule has 0 saturated heterocycles. The number of carbonyl (C=O) groups is 3. The maximum atomic E-state index is 13.1. The van der Waals surface area contributed by atoms with Gasteiger partial charge in [0.05, 0.1) is 33.4 Å². The van der Waals surface area contributed by atoms with Crippen LogP contribution in [0.1, 0.15) is 22.8 Å². The van der Waals surface area contributed by atoms with E-state index in [1.165, 1.54) is 24.3 Å². The number of halogens is 3. The second-order valence-electron chi connectivity index (χ2n) is 6.59. The normalized spacial score (nSPS) is 11.0. The second kappa shape index (κ2) is 10.8. The number of anilines is 1. The van der Waals surface area contributed by atoms with Crippen LogP contribution in [0, 0.1) is 10.1 Å². The molecule has 0 fully saturated rings. The molecule has 0 saturated carbocycles. The summed E-state index contributed by atoms with van der Waals surface area (Å²) in [5, 5.41) is 13.4. The summed E-state index contributed by atoms with van der Waals surface area (Å²) in [6, 6.07) is 8.01. The summed E-state index contributed by atoms with van der Waals surface area (Å²) >= 11 is 0.819. The Morgan fingerprint density at radius 2 is 1.85 bits per heavy atom. The van der Waals surface area contributed by atoms with E-state index in [4.69, 9.17) is 5.73 Å². The van der Waals surface area contributed by atoms with Gasteiger partial charge in [0, 0.05) is 18.2 Å². The summed E-state index contributed by atoms with van der Waals surface area (Å²) in [6.07, 6.45) is -4.67. The molecule has 0 spiro atoms. The number of hydrogen-bond donors (Lipinski definition) is 2. The van der Waals surface area contributed by atoms with E-state index in [2.05, 4.69) is 5.32 Å². The number of amides is 3. The van der Waals surface area contributed by atoms with Gasteiger partial charge in [0.1, 0.15) is 0 Å². The van der Waals surface area contributed by atoms with E-state index in [1.54, 1.807) is 6.92 Å². The number of primary amides is 1. The van der Waals surface area contributed by atoms with Crippen molar-refractivity contribution in [3.8, 4) is 0 Å². The average Bonchev–Trinajstić information content (AvgIpc) is 2.75. The molecule has 2 aromatic carbocycles. The van der Waals surface area contributed by atoms with Gasteiger partial charge in [-0.3, -0.25) is 24.5 Å². The van der Waals surface area contributed by atoms with Crippen molar-refractivity contribution in [1.82, 2.24) is 4.90 Å². The van der Waals surface area contributed by atoms with E-state index >= 15 is 0 Å². The number of nitro benzene ring substituents is 1. The first-order chi connectivity index (χ1) is 15.4. The van der Waals surface area contributed by atoms with Gasteiger partial charge in [-0.2, -0.15) is 13.2 Å². The van der Waals surface area contributed by atoms with Crippen molar-refractivity contribution in [3.05, 3.63) is 63.7 Å². The first-order valence-electron chi connectivity index (χ1n) is 9.39. The zero-order chi connectivity index (χ0) is 24.8. The third kappa shape index (κ3) is 6.94. The molecule has 176 valence electrons.